The molecule has 1 aromatic carbocycles. The van der Waals surface area contributed by atoms with E-state index in [1.54, 1.807) is 0 Å². The van der Waals surface area contributed by atoms with Crippen molar-refractivity contribution in [3.63, 3.8) is 0 Å². The van der Waals surface area contributed by atoms with E-state index in [1.807, 2.05) is 24.3 Å². The number of rotatable bonds is 0. The average molecular weight is 192 g/mol. The molecule has 2 aliphatic carbocycles. The zero-order valence-electron chi connectivity index (χ0n) is 8.07. The van der Waals surface area contributed by atoms with Gasteiger partial charge in [0.2, 0.25) is 0 Å². The number of hydrogen-bond acceptors (Lipinski definition) is 2. The van der Waals surface area contributed by atoms with Gasteiger partial charge in [0.25, 0.3) is 0 Å². The van der Waals surface area contributed by atoms with Gasteiger partial charge in [-0.3, -0.25) is 0 Å². The summed E-state index contributed by atoms with van der Waals surface area (Å²) in [5, 5.41) is 18.0. The van der Waals surface area contributed by atoms with E-state index < -0.39 is 0 Å². The first-order chi connectivity index (χ1) is 7.35. The van der Waals surface area contributed by atoms with Crippen LogP contribution < -0.4 is 0 Å². The summed E-state index contributed by atoms with van der Waals surface area (Å²) in [5.74, 6) is 0.554. The lowest BCUT2D eigenvalue weighted by atomic mass is 9.89. The van der Waals surface area contributed by atoms with Gasteiger partial charge in [0.05, 0.1) is 17.7 Å². The zero-order chi connectivity index (χ0) is 10.4. The van der Waals surface area contributed by atoms with Crippen LogP contribution in [0.15, 0.2) is 29.8 Å². The molecule has 0 fully saturated rings. The molecule has 0 radical (unpaired) electrons. The minimum atomic E-state index is 0.253. The fourth-order valence-corrected chi connectivity index (χ4v) is 2.79. The second kappa shape index (κ2) is 2.72. The Morgan fingerprint density at radius 2 is 2.07 bits per heavy atom. The van der Waals surface area contributed by atoms with E-state index in [1.165, 1.54) is 5.56 Å². The molecule has 0 amide bonds. The van der Waals surface area contributed by atoms with Crippen LogP contribution in [-0.2, 0) is 0 Å². The van der Waals surface area contributed by atoms with Crippen LogP contribution in [-0.4, -0.2) is 0 Å². The van der Waals surface area contributed by atoms with Crippen molar-refractivity contribution in [1.82, 2.24) is 0 Å². The quantitative estimate of drug-likeness (QED) is 0.634. The average Bonchev–Trinajstić information content (AvgIpc) is 2.86. The molecule has 70 valence electrons. The van der Waals surface area contributed by atoms with E-state index in [0.717, 1.165) is 23.1 Å². The summed E-state index contributed by atoms with van der Waals surface area (Å²) in [6, 6.07) is 10.3. The van der Waals surface area contributed by atoms with Crippen molar-refractivity contribution < 1.29 is 0 Å². The van der Waals surface area contributed by atoms with E-state index >= 15 is 0 Å². The Balaban J connectivity index is 2.23. The van der Waals surface area contributed by atoms with Gasteiger partial charge in [0, 0.05) is 17.4 Å². The predicted molar refractivity (Wildman–Crippen MR) is 55.0 cm³/mol. The Morgan fingerprint density at radius 3 is 2.80 bits per heavy atom. The first-order valence-corrected chi connectivity index (χ1v) is 5.00. The molecule has 0 unspecified atom stereocenters. The summed E-state index contributed by atoms with van der Waals surface area (Å²) in [4.78, 5) is 0. The summed E-state index contributed by atoms with van der Waals surface area (Å²) in [7, 11) is 0. The van der Waals surface area contributed by atoms with Gasteiger partial charge in [0.1, 0.15) is 0 Å². The molecular weight excluding hydrogens is 184 g/mol. The fourth-order valence-electron chi connectivity index (χ4n) is 2.79. The van der Waals surface area contributed by atoms with Gasteiger partial charge >= 0.3 is 0 Å². The van der Waals surface area contributed by atoms with Crippen LogP contribution in [0, 0.1) is 22.7 Å². The molecule has 0 saturated heterocycles. The molecule has 0 N–H and O–H groups in total. The molecule has 0 heterocycles. The Labute approximate surface area is 88.1 Å². The molecule has 0 aliphatic heterocycles. The van der Waals surface area contributed by atoms with Crippen LogP contribution in [0.3, 0.4) is 0 Å². The summed E-state index contributed by atoms with van der Waals surface area (Å²) < 4.78 is 0. The lowest BCUT2D eigenvalue weighted by Gasteiger charge is -2.13. The Kier molecular flexibility index (Phi) is 1.50. The van der Waals surface area contributed by atoms with Crippen molar-refractivity contribution in [3.8, 4) is 12.1 Å². The van der Waals surface area contributed by atoms with Crippen LogP contribution in [0.1, 0.15) is 34.9 Å². The third kappa shape index (κ3) is 0.913. The van der Waals surface area contributed by atoms with Crippen LogP contribution in [0.2, 0.25) is 0 Å². The molecule has 2 heteroatoms. The molecule has 15 heavy (non-hydrogen) atoms. The maximum Gasteiger partial charge on any atom is 0.0994 e. The normalized spacial score (nSPS) is 25.3. The van der Waals surface area contributed by atoms with Gasteiger partial charge in [-0.15, -0.1) is 0 Å². The maximum absolute atomic E-state index is 9.02. The highest BCUT2D eigenvalue weighted by atomic mass is 14.4. The first-order valence-electron chi connectivity index (χ1n) is 5.00. The minimum absolute atomic E-state index is 0.253. The first kappa shape index (κ1) is 8.26. The Morgan fingerprint density at radius 1 is 1.20 bits per heavy atom. The third-order valence-corrected chi connectivity index (χ3v) is 3.38. The summed E-state index contributed by atoms with van der Waals surface area (Å²) in [5.41, 5.74) is 4.00. The van der Waals surface area contributed by atoms with Crippen molar-refractivity contribution in [2.75, 3.05) is 0 Å². The minimum Gasteiger partial charge on any atom is -0.193 e. The van der Waals surface area contributed by atoms with Crippen molar-refractivity contribution in [2.45, 2.75) is 18.3 Å². The van der Waals surface area contributed by atoms with Crippen LogP contribution in [0.4, 0.5) is 0 Å². The van der Waals surface area contributed by atoms with Crippen LogP contribution in [0.5, 0.6) is 0 Å². The smallest absolute Gasteiger partial charge is 0.0994 e. The Bertz CT molecular complexity index is 555. The number of nitriles is 2. The van der Waals surface area contributed by atoms with Crippen LogP contribution in [0.25, 0.3) is 0 Å². The summed E-state index contributed by atoms with van der Waals surface area (Å²) >= 11 is 0. The zero-order valence-corrected chi connectivity index (χ0v) is 8.07. The number of benzene rings is 1. The molecule has 0 spiro atoms. The van der Waals surface area contributed by atoms with Gasteiger partial charge < -0.3 is 0 Å². The number of allylic oxidation sites excluding steroid dienone is 2. The van der Waals surface area contributed by atoms with Gasteiger partial charge in [0.15, 0.2) is 0 Å². The standard InChI is InChI=1S/C13H8N2/c14-6-8-2-1-3-11-12-5-9(13(8)11)4-10(12)7-15/h1-4,9,12H,5H2/t9-,12-/m0/s1. The monoisotopic (exact) mass is 192 g/mol. The maximum atomic E-state index is 9.02. The molecule has 2 aliphatic rings. The highest BCUT2D eigenvalue weighted by Crippen LogP contribution is 2.52. The Hall–Kier alpha value is -2.06. The second-order valence-electron chi connectivity index (χ2n) is 4.05. The van der Waals surface area contributed by atoms with E-state index in [0.29, 0.717) is 5.92 Å². The topological polar surface area (TPSA) is 47.6 Å². The lowest BCUT2D eigenvalue weighted by molar-refractivity contribution is 0.793. The molecular formula is C13H8N2. The van der Waals surface area contributed by atoms with Gasteiger partial charge in [-0.1, -0.05) is 18.2 Å². The number of fused-ring (bicyclic) bond motifs is 5. The molecule has 3 rings (SSSR count). The largest absolute Gasteiger partial charge is 0.193 e. The highest BCUT2D eigenvalue weighted by molar-refractivity contribution is 5.59. The highest BCUT2D eigenvalue weighted by Gasteiger charge is 2.39. The van der Waals surface area contributed by atoms with Crippen molar-refractivity contribution in [1.29, 1.82) is 10.5 Å². The van der Waals surface area contributed by atoms with E-state index in [4.69, 9.17) is 10.5 Å². The molecule has 2 bridgehead atoms. The molecule has 0 aromatic heterocycles. The van der Waals surface area contributed by atoms with E-state index in [9.17, 15) is 0 Å². The summed E-state index contributed by atoms with van der Waals surface area (Å²) in [6.45, 7) is 0. The SMILES string of the molecule is N#CC1=C[C@H]2C[C@@H]1c1cccc(C#N)c12. The van der Waals surface area contributed by atoms with Crippen molar-refractivity contribution >= 4 is 0 Å². The number of hydrogen-bond donors (Lipinski definition) is 0. The predicted octanol–water partition coefficient (Wildman–Crippen LogP) is 2.59. The third-order valence-electron chi connectivity index (χ3n) is 3.38. The lowest BCUT2D eigenvalue weighted by Crippen LogP contribution is -2.00. The second-order valence-corrected chi connectivity index (χ2v) is 4.05. The fraction of sp³-hybridized carbons (Fsp3) is 0.231. The molecule has 1 aromatic rings. The van der Waals surface area contributed by atoms with E-state index in [-0.39, 0.29) is 5.92 Å². The summed E-state index contributed by atoms with van der Waals surface area (Å²) in [6.07, 6.45) is 3.00. The molecule has 2 nitrogen and oxygen atoms in total. The van der Waals surface area contributed by atoms with Gasteiger partial charge in [-0.25, -0.2) is 0 Å². The van der Waals surface area contributed by atoms with Gasteiger partial charge in [-0.05, 0) is 23.6 Å². The van der Waals surface area contributed by atoms with E-state index in [2.05, 4.69) is 12.1 Å². The van der Waals surface area contributed by atoms with Gasteiger partial charge in [-0.2, -0.15) is 10.5 Å². The molecule has 0 saturated carbocycles. The van der Waals surface area contributed by atoms with Crippen molar-refractivity contribution in [2.24, 2.45) is 0 Å². The van der Waals surface area contributed by atoms with Crippen LogP contribution >= 0.6 is 0 Å². The van der Waals surface area contributed by atoms with Crippen molar-refractivity contribution in [3.05, 3.63) is 46.5 Å². The number of nitrogens with zero attached hydrogens (tertiary/aromatic N) is 2. The molecule has 2 atom stereocenters.